The number of hydrogen-bond donors (Lipinski definition) is 0. The zero-order valence-electron chi connectivity index (χ0n) is 16.2. The fourth-order valence-corrected chi connectivity index (χ4v) is 3.20. The van der Waals surface area contributed by atoms with Crippen LogP contribution < -0.4 is 19.3 Å². The highest BCUT2D eigenvalue weighted by Crippen LogP contribution is 2.33. The van der Waals surface area contributed by atoms with Crippen molar-refractivity contribution in [2.45, 2.75) is 6.54 Å². The molecule has 3 rings (SSSR count). The molecule has 7 heteroatoms. The highest BCUT2D eigenvalue weighted by atomic mass is 19.1. The number of hydrogen-bond acceptors (Lipinski definition) is 5. The summed E-state index contributed by atoms with van der Waals surface area (Å²) in [5, 5.41) is 0. The van der Waals surface area contributed by atoms with Crippen molar-refractivity contribution in [2.24, 2.45) is 0 Å². The van der Waals surface area contributed by atoms with Gasteiger partial charge in [0.2, 0.25) is 0 Å². The van der Waals surface area contributed by atoms with E-state index in [1.54, 1.807) is 18.2 Å². The van der Waals surface area contributed by atoms with Crippen molar-refractivity contribution in [3.8, 4) is 11.5 Å². The van der Waals surface area contributed by atoms with Gasteiger partial charge in [-0.3, -0.25) is 4.79 Å². The number of benzene rings is 2. The lowest BCUT2D eigenvalue weighted by atomic mass is 10.1. The van der Waals surface area contributed by atoms with Crippen LogP contribution in [-0.4, -0.2) is 53.1 Å². The Balaban J connectivity index is 1.84. The topological polar surface area (TPSA) is 51.2 Å². The highest BCUT2D eigenvalue weighted by Gasteiger charge is 2.21. The summed E-state index contributed by atoms with van der Waals surface area (Å²) in [7, 11) is 3.05. The van der Waals surface area contributed by atoms with Gasteiger partial charge in [-0.05, 0) is 29.8 Å². The van der Waals surface area contributed by atoms with Crippen molar-refractivity contribution < 1.29 is 23.4 Å². The molecule has 2 aromatic rings. The van der Waals surface area contributed by atoms with Gasteiger partial charge in [0.15, 0.2) is 6.67 Å². The van der Waals surface area contributed by atoms with Gasteiger partial charge in [0, 0.05) is 24.8 Å². The Bertz CT molecular complexity index is 791. The maximum atomic E-state index is 13.3. The van der Waals surface area contributed by atoms with E-state index in [4.69, 9.17) is 14.2 Å². The lowest BCUT2D eigenvalue weighted by Gasteiger charge is -2.29. The largest absolute Gasteiger partial charge is 0.497 e. The lowest BCUT2D eigenvalue weighted by molar-refractivity contribution is -0.119. The number of anilines is 2. The average molecular weight is 388 g/mol. The number of carbonyl (C=O) groups excluding carboxylic acids is 1. The number of ether oxygens (including phenoxy) is 3. The summed E-state index contributed by atoms with van der Waals surface area (Å²) in [6, 6.07) is 13.1. The van der Waals surface area contributed by atoms with Gasteiger partial charge in [0.25, 0.3) is 5.91 Å². The Morgan fingerprint density at radius 3 is 2.43 bits per heavy atom. The molecule has 0 radical (unpaired) electrons. The van der Waals surface area contributed by atoms with Gasteiger partial charge in [-0.25, -0.2) is 4.39 Å². The number of morpholine rings is 1. The number of nitrogens with zero attached hydrogens (tertiary/aromatic N) is 2. The summed E-state index contributed by atoms with van der Waals surface area (Å²) in [6.07, 6.45) is 0. The lowest BCUT2D eigenvalue weighted by Crippen LogP contribution is -2.36. The Kier molecular flexibility index (Phi) is 6.71. The first-order valence-electron chi connectivity index (χ1n) is 9.16. The van der Waals surface area contributed by atoms with Crippen LogP contribution in [0.5, 0.6) is 11.5 Å². The van der Waals surface area contributed by atoms with Crippen molar-refractivity contribution in [3.05, 3.63) is 48.0 Å². The summed E-state index contributed by atoms with van der Waals surface area (Å²) < 4.78 is 29.3. The molecule has 0 N–H and O–H groups in total. The van der Waals surface area contributed by atoms with E-state index in [2.05, 4.69) is 4.90 Å². The second-order valence-corrected chi connectivity index (χ2v) is 6.42. The van der Waals surface area contributed by atoms with Gasteiger partial charge in [-0.15, -0.1) is 0 Å². The molecule has 1 amide bonds. The molecule has 0 unspecified atom stereocenters. The van der Waals surface area contributed by atoms with Gasteiger partial charge < -0.3 is 24.0 Å². The molecule has 0 aliphatic carbocycles. The van der Waals surface area contributed by atoms with Crippen LogP contribution in [0.15, 0.2) is 42.5 Å². The summed E-state index contributed by atoms with van der Waals surface area (Å²) >= 11 is 0. The minimum absolute atomic E-state index is 0.232. The molecule has 1 fully saturated rings. The van der Waals surface area contributed by atoms with Crippen LogP contribution in [-0.2, 0) is 16.1 Å². The zero-order valence-corrected chi connectivity index (χ0v) is 16.2. The predicted octanol–water partition coefficient (Wildman–Crippen LogP) is 3.04. The highest BCUT2D eigenvalue weighted by molar-refractivity contribution is 5.95. The maximum absolute atomic E-state index is 13.3. The Morgan fingerprint density at radius 1 is 1.11 bits per heavy atom. The van der Waals surface area contributed by atoms with E-state index >= 15 is 0 Å². The fraction of sp³-hybridized carbons (Fsp3) is 0.381. The van der Waals surface area contributed by atoms with Crippen LogP contribution in [0.2, 0.25) is 0 Å². The quantitative estimate of drug-likeness (QED) is 0.730. The average Bonchev–Trinajstić information content (AvgIpc) is 2.77. The molecule has 0 spiro atoms. The van der Waals surface area contributed by atoms with E-state index in [0.29, 0.717) is 17.2 Å². The molecule has 1 heterocycles. The second-order valence-electron chi connectivity index (χ2n) is 6.42. The molecule has 0 bridgehead atoms. The normalized spacial score (nSPS) is 13.9. The van der Waals surface area contributed by atoms with Crippen LogP contribution >= 0.6 is 0 Å². The molecule has 28 heavy (non-hydrogen) atoms. The van der Waals surface area contributed by atoms with E-state index in [9.17, 15) is 9.18 Å². The molecule has 2 aromatic carbocycles. The van der Waals surface area contributed by atoms with Gasteiger partial charge in [-0.2, -0.15) is 0 Å². The van der Waals surface area contributed by atoms with Gasteiger partial charge >= 0.3 is 0 Å². The van der Waals surface area contributed by atoms with Crippen molar-refractivity contribution in [1.82, 2.24) is 0 Å². The van der Waals surface area contributed by atoms with Gasteiger partial charge in [0.1, 0.15) is 11.5 Å². The van der Waals surface area contributed by atoms with Crippen molar-refractivity contribution in [3.63, 3.8) is 0 Å². The van der Waals surface area contributed by atoms with Crippen molar-refractivity contribution in [2.75, 3.05) is 57.0 Å². The first kappa shape index (κ1) is 19.9. The minimum Gasteiger partial charge on any atom is -0.497 e. The maximum Gasteiger partial charge on any atom is 0.258 e. The molecule has 0 aromatic heterocycles. The Labute approximate surface area is 164 Å². The number of carbonyl (C=O) groups is 1. The Hall–Kier alpha value is -2.80. The van der Waals surface area contributed by atoms with Crippen LogP contribution in [0.3, 0.4) is 0 Å². The minimum atomic E-state index is -1.09. The van der Waals surface area contributed by atoms with E-state index in [1.165, 1.54) is 19.1 Å². The van der Waals surface area contributed by atoms with E-state index in [-0.39, 0.29) is 6.54 Å². The molecule has 1 saturated heterocycles. The van der Waals surface area contributed by atoms with Crippen LogP contribution in [0, 0.1) is 0 Å². The first-order valence-corrected chi connectivity index (χ1v) is 9.16. The molecule has 0 saturated carbocycles. The summed E-state index contributed by atoms with van der Waals surface area (Å²) in [6.45, 7) is 2.29. The third-order valence-corrected chi connectivity index (χ3v) is 4.75. The third-order valence-electron chi connectivity index (χ3n) is 4.75. The SMILES string of the molecule is COc1ccc(OC)c(N(Cc2ccc(N3CCOCC3)cc2)C(=O)CF)c1. The predicted molar refractivity (Wildman–Crippen MR) is 106 cm³/mol. The Morgan fingerprint density at radius 2 is 1.82 bits per heavy atom. The molecular formula is C21H25FN2O4. The van der Waals surface area contributed by atoms with Crippen LogP contribution in [0.4, 0.5) is 15.8 Å². The van der Waals surface area contributed by atoms with Crippen molar-refractivity contribution in [1.29, 1.82) is 0 Å². The van der Waals surface area contributed by atoms with E-state index < -0.39 is 12.6 Å². The summed E-state index contributed by atoms with van der Waals surface area (Å²) in [5.74, 6) is 0.409. The van der Waals surface area contributed by atoms with Gasteiger partial charge in [0.05, 0.1) is 39.7 Å². The first-order chi connectivity index (χ1) is 13.7. The molecule has 150 valence electrons. The number of methoxy groups -OCH3 is 2. The molecule has 0 atom stereocenters. The third kappa shape index (κ3) is 4.54. The zero-order chi connectivity index (χ0) is 19.9. The fourth-order valence-electron chi connectivity index (χ4n) is 3.20. The molecule has 1 aliphatic rings. The van der Waals surface area contributed by atoms with E-state index in [0.717, 1.165) is 37.6 Å². The number of amides is 1. The smallest absolute Gasteiger partial charge is 0.258 e. The van der Waals surface area contributed by atoms with Crippen molar-refractivity contribution >= 4 is 17.3 Å². The summed E-state index contributed by atoms with van der Waals surface area (Å²) in [5.41, 5.74) is 2.47. The van der Waals surface area contributed by atoms with Crippen LogP contribution in [0.1, 0.15) is 5.56 Å². The summed E-state index contributed by atoms with van der Waals surface area (Å²) in [4.78, 5) is 16.0. The standard InChI is InChI=1S/C21H25FN2O4/c1-26-18-7-8-20(27-2)19(13-18)24(21(25)14-22)15-16-3-5-17(6-4-16)23-9-11-28-12-10-23/h3-8,13H,9-12,14-15H2,1-2H3. The second kappa shape index (κ2) is 9.41. The molecular weight excluding hydrogens is 363 g/mol. The number of rotatable bonds is 7. The molecule has 6 nitrogen and oxygen atoms in total. The van der Waals surface area contributed by atoms with Crippen LogP contribution in [0.25, 0.3) is 0 Å². The monoisotopic (exact) mass is 388 g/mol. The van der Waals surface area contributed by atoms with E-state index in [1.807, 2.05) is 24.3 Å². The number of halogens is 1. The number of alkyl halides is 1. The molecule has 1 aliphatic heterocycles. The van der Waals surface area contributed by atoms with Gasteiger partial charge in [-0.1, -0.05) is 12.1 Å².